The van der Waals surface area contributed by atoms with Crippen molar-refractivity contribution in [2.45, 2.75) is 19.0 Å². The van der Waals surface area contributed by atoms with Gasteiger partial charge in [-0.05, 0) is 48.9 Å². The number of pyridine rings is 1. The van der Waals surface area contributed by atoms with Gasteiger partial charge in [0, 0.05) is 75.5 Å². The van der Waals surface area contributed by atoms with Crippen LogP contribution in [-0.2, 0) is 6.54 Å². The number of anilines is 3. The zero-order valence-electron chi connectivity index (χ0n) is 20.0. The molecule has 3 atom stereocenters. The van der Waals surface area contributed by atoms with Crippen LogP contribution in [0.3, 0.4) is 0 Å². The maximum absolute atomic E-state index is 10.1. The molecule has 8 bridgehead atoms. The number of rotatable bonds is 1. The van der Waals surface area contributed by atoms with E-state index < -0.39 is 0 Å². The van der Waals surface area contributed by atoms with E-state index in [4.69, 9.17) is 4.98 Å². The van der Waals surface area contributed by atoms with Crippen molar-refractivity contribution in [1.29, 1.82) is 0 Å². The molecule has 2 aromatic heterocycles. The van der Waals surface area contributed by atoms with Gasteiger partial charge < -0.3 is 21.1 Å². The number of aliphatic hydroxyl groups excluding tert-OH is 1. The molecule has 1 aromatic carbocycles. The fourth-order valence-electron chi connectivity index (χ4n) is 4.67. The van der Waals surface area contributed by atoms with E-state index >= 15 is 0 Å². The van der Waals surface area contributed by atoms with E-state index in [0.717, 1.165) is 81.5 Å². The van der Waals surface area contributed by atoms with E-state index in [2.05, 4.69) is 53.9 Å². The first-order chi connectivity index (χ1) is 17.3. The Balaban J connectivity index is 1.37. The van der Waals surface area contributed by atoms with Gasteiger partial charge in [0.25, 0.3) is 0 Å². The standard InChI is InChI=1S/C26H34N8O/c35-19-23-18-33-12-11-27-8-2-9-28-25-6-5-21(16-30-25)24-7-10-29-26(32-24)31-22-4-1-3-20(15-22)17-34(23)14-13-33/h1,3-7,10,15-16,23,27,35H,2,8-9,11-14,17-19H2,(H,28,30)(H,29,31,32). The van der Waals surface area contributed by atoms with Crippen molar-refractivity contribution in [2.24, 2.45) is 0 Å². The van der Waals surface area contributed by atoms with E-state index in [1.807, 2.05) is 30.5 Å². The van der Waals surface area contributed by atoms with E-state index in [-0.39, 0.29) is 12.6 Å². The minimum absolute atomic E-state index is 0.142. The number of aliphatic hydroxyl groups is 1. The van der Waals surface area contributed by atoms with Crippen LogP contribution in [0.5, 0.6) is 0 Å². The largest absolute Gasteiger partial charge is 0.395 e. The van der Waals surface area contributed by atoms with Crippen LogP contribution in [0.4, 0.5) is 17.5 Å². The van der Waals surface area contributed by atoms with Gasteiger partial charge in [-0.2, -0.15) is 0 Å². The molecule has 0 radical (unpaired) electrons. The number of piperazine rings is 1. The van der Waals surface area contributed by atoms with Gasteiger partial charge in [-0.3, -0.25) is 9.80 Å². The summed E-state index contributed by atoms with van der Waals surface area (Å²) in [7, 11) is 0. The lowest BCUT2D eigenvalue weighted by molar-refractivity contribution is 0.0354. The van der Waals surface area contributed by atoms with Gasteiger partial charge in [-0.25, -0.2) is 15.0 Å². The molecule has 4 N–H and O–H groups in total. The third kappa shape index (κ3) is 6.32. The fraction of sp³-hybridized carbons (Fsp3) is 0.423. The monoisotopic (exact) mass is 474 g/mol. The Kier molecular flexibility index (Phi) is 7.79. The summed E-state index contributed by atoms with van der Waals surface area (Å²) in [5.41, 5.74) is 3.92. The zero-order chi connectivity index (χ0) is 23.9. The van der Waals surface area contributed by atoms with E-state index in [0.29, 0.717) is 5.95 Å². The zero-order valence-corrected chi connectivity index (χ0v) is 20.0. The summed E-state index contributed by atoms with van der Waals surface area (Å²) in [6.07, 6.45) is 4.63. The number of nitrogens with zero attached hydrogens (tertiary/aromatic N) is 5. The topological polar surface area (TPSA) is 101 Å². The predicted molar refractivity (Wildman–Crippen MR) is 139 cm³/mol. The lowest BCUT2D eigenvalue weighted by Crippen LogP contribution is -2.55. The van der Waals surface area contributed by atoms with Gasteiger partial charge in [0.05, 0.1) is 12.3 Å². The third-order valence-corrected chi connectivity index (χ3v) is 6.62. The van der Waals surface area contributed by atoms with Crippen molar-refractivity contribution < 1.29 is 5.11 Å². The maximum atomic E-state index is 10.1. The second-order valence-electron chi connectivity index (χ2n) is 9.16. The van der Waals surface area contributed by atoms with Gasteiger partial charge in [-0.1, -0.05) is 12.1 Å². The van der Waals surface area contributed by atoms with Crippen LogP contribution in [0.2, 0.25) is 0 Å². The molecule has 7 heterocycles. The molecule has 9 heteroatoms. The number of aromatic nitrogens is 3. The van der Waals surface area contributed by atoms with Crippen LogP contribution in [0.25, 0.3) is 11.3 Å². The number of nitrogens with one attached hydrogen (secondary N) is 3. The van der Waals surface area contributed by atoms with Crippen LogP contribution in [0, 0.1) is 0 Å². The molecule has 8 rings (SSSR count). The Morgan fingerprint density at radius 2 is 1.97 bits per heavy atom. The summed E-state index contributed by atoms with van der Waals surface area (Å²) in [6, 6.07) is 14.4. The summed E-state index contributed by atoms with van der Waals surface area (Å²) >= 11 is 0. The lowest BCUT2D eigenvalue weighted by atomic mass is 10.1. The van der Waals surface area contributed by atoms with Crippen LogP contribution >= 0.6 is 0 Å². The number of hydrogen-bond acceptors (Lipinski definition) is 9. The summed E-state index contributed by atoms with van der Waals surface area (Å²) in [4.78, 5) is 18.5. The molecule has 9 nitrogen and oxygen atoms in total. The second kappa shape index (κ2) is 11.5. The normalized spacial score (nSPS) is 23.3. The molecule has 0 saturated carbocycles. The molecule has 0 amide bonds. The Morgan fingerprint density at radius 3 is 2.86 bits per heavy atom. The SMILES string of the molecule is OCC1CN2CCNCCCNc3ccc(cn3)-c3ccnc(n3)Nc3cccc(c3)CN1CC2. The number of benzene rings is 1. The average molecular weight is 475 g/mol. The van der Waals surface area contributed by atoms with Crippen molar-refractivity contribution in [1.82, 2.24) is 30.1 Å². The van der Waals surface area contributed by atoms with Gasteiger partial charge in [0.2, 0.25) is 5.95 Å². The van der Waals surface area contributed by atoms with Crippen molar-refractivity contribution in [3.8, 4) is 11.3 Å². The van der Waals surface area contributed by atoms with E-state index in [1.54, 1.807) is 6.20 Å². The van der Waals surface area contributed by atoms with Gasteiger partial charge in [-0.15, -0.1) is 0 Å². The summed E-state index contributed by atoms with van der Waals surface area (Å²) in [6.45, 7) is 7.60. The Labute approximate surface area is 206 Å². The second-order valence-corrected chi connectivity index (χ2v) is 9.16. The smallest absolute Gasteiger partial charge is 0.227 e. The highest BCUT2D eigenvalue weighted by Crippen LogP contribution is 2.22. The van der Waals surface area contributed by atoms with E-state index in [9.17, 15) is 5.11 Å². The quantitative estimate of drug-likeness (QED) is 0.423. The highest BCUT2D eigenvalue weighted by atomic mass is 16.3. The molecule has 1 saturated heterocycles. The molecule has 0 aliphatic carbocycles. The first kappa shape index (κ1) is 23.6. The van der Waals surface area contributed by atoms with E-state index in [1.165, 1.54) is 5.56 Å². The average Bonchev–Trinajstić information content (AvgIpc) is 2.89. The predicted octanol–water partition coefficient (Wildman–Crippen LogP) is 2.17. The first-order valence-corrected chi connectivity index (χ1v) is 12.4. The van der Waals surface area contributed by atoms with Crippen LogP contribution in [0.15, 0.2) is 54.9 Å². The molecule has 0 spiro atoms. The Bertz CT molecular complexity index is 1090. The fourth-order valence-corrected chi connectivity index (χ4v) is 4.67. The van der Waals surface area contributed by atoms with Crippen molar-refractivity contribution in [2.75, 3.05) is 63.1 Å². The number of hydrogen-bond donors (Lipinski definition) is 4. The summed E-state index contributed by atoms with van der Waals surface area (Å²) < 4.78 is 0. The minimum Gasteiger partial charge on any atom is -0.395 e. The molecule has 5 aliphatic rings. The highest BCUT2D eigenvalue weighted by Gasteiger charge is 2.26. The summed E-state index contributed by atoms with van der Waals surface area (Å²) in [5.74, 6) is 1.42. The summed E-state index contributed by atoms with van der Waals surface area (Å²) in [5, 5.41) is 20.3. The van der Waals surface area contributed by atoms with Gasteiger partial charge in [0.15, 0.2) is 0 Å². The molecule has 5 aliphatic heterocycles. The van der Waals surface area contributed by atoms with Crippen molar-refractivity contribution >= 4 is 17.5 Å². The van der Waals surface area contributed by atoms with Gasteiger partial charge >= 0.3 is 0 Å². The Hall–Kier alpha value is -3.11. The van der Waals surface area contributed by atoms with Crippen molar-refractivity contribution in [3.05, 3.63) is 60.4 Å². The minimum atomic E-state index is 0.142. The highest BCUT2D eigenvalue weighted by molar-refractivity contribution is 5.62. The molecule has 184 valence electrons. The van der Waals surface area contributed by atoms with Gasteiger partial charge in [0.1, 0.15) is 5.82 Å². The molecular weight excluding hydrogens is 440 g/mol. The van der Waals surface area contributed by atoms with Crippen molar-refractivity contribution in [3.63, 3.8) is 0 Å². The molecule has 3 aromatic rings. The first-order valence-electron chi connectivity index (χ1n) is 12.4. The molecule has 35 heavy (non-hydrogen) atoms. The van der Waals surface area contributed by atoms with Crippen LogP contribution in [-0.4, -0.2) is 88.3 Å². The third-order valence-electron chi connectivity index (χ3n) is 6.62. The van der Waals surface area contributed by atoms with Crippen LogP contribution < -0.4 is 16.0 Å². The molecule has 3 unspecified atom stereocenters. The lowest BCUT2D eigenvalue weighted by Gasteiger charge is -2.40. The van der Waals surface area contributed by atoms with Crippen LogP contribution in [0.1, 0.15) is 12.0 Å². The Morgan fingerprint density at radius 1 is 1.00 bits per heavy atom. The maximum Gasteiger partial charge on any atom is 0.227 e. The molecule has 1 fully saturated rings. The molecular formula is C26H34N8O.